The minimum absolute atomic E-state index is 0.142. The second-order valence-electron chi connectivity index (χ2n) is 5.48. The molecule has 0 saturated carbocycles. The molecule has 2 amide bonds. The fourth-order valence-corrected chi connectivity index (χ4v) is 2.37. The van der Waals surface area contributed by atoms with Crippen molar-refractivity contribution in [3.8, 4) is 11.5 Å². The Morgan fingerprint density at radius 3 is 2.56 bits per heavy atom. The Morgan fingerprint density at radius 1 is 1.00 bits per heavy atom. The average molecular weight is 344 g/mol. The van der Waals surface area contributed by atoms with Crippen molar-refractivity contribution < 1.29 is 23.5 Å². The van der Waals surface area contributed by atoms with Gasteiger partial charge in [0.1, 0.15) is 5.82 Å². The van der Waals surface area contributed by atoms with E-state index in [1.54, 1.807) is 0 Å². The monoisotopic (exact) mass is 344 g/mol. The minimum Gasteiger partial charge on any atom is -0.454 e. The lowest BCUT2D eigenvalue weighted by atomic mass is 10.1. The Hall–Kier alpha value is -3.09. The van der Waals surface area contributed by atoms with E-state index in [-0.39, 0.29) is 19.2 Å². The van der Waals surface area contributed by atoms with Crippen LogP contribution in [0.3, 0.4) is 0 Å². The van der Waals surface area contributed by atoms with Gasteiger partial charge in [-0.15, -0.1) is 0 Å². The molecular formula is C18H17FN2O4. The van der Waals surface area contributed by atoms with Crippen molar-refractivity contribution in [3.05, 3.63) is 59.4 Å². The van der Waals surface area contributed by atoms with Gasteiger partial charge in [0.05, 0.1) is 6.54 Å². The van der Waals surface area contributed by atoms with Crippen LogP contribution in [0, 0.1) is 5.82 Å². The van der Waals surface area contributed by atoms with Gasteiger partial charge in [-0.3, -0.25) is 9.59 Å². The predicted molar refractivity (Wildman–Crippen MR) is 88.0 cm³/mol. The maximum atomic E-state index is 12.8. The normalized spacial score (nSPS) is 11.9. The van der Waals surface area contributed by atoms with Crippen LogP contribution in [0.2, 0.25) is 0 Å². The number of carbonyl (C=O) groups is 2. The molecule has 0 bridgehead atoms. The number of carbonyl (C=O) groups excluding carboxylic acids is 2. The summed E-state index contributed by atoms with van der Waals surface area (Å²) in [6.07, 6.45) is 0.633. The van der Waals surface area contributed by atoms with Gasteiger partial charge >= 0.3 is 0 Å². The number of hydrogen-bond donors (Lipinski definition) is 2. The van der Waals surface area contributed by atoms with Crippen molar-refractivity contribution in [3.63, 3.8) is 0 Å². The van der Waals surface area contributed by atoms with Gasteiger partial charge in [-0.1, -0.05) is 6.07 Å². The van der Waals surface area contributed by atoms with Gasteiger partial charge in [0.2, 0.25) is 12.7 Å². The first kappa shape index (κ1) is 16.8. The van der Waals surface area contributed by atoms with Crippen molar-refractivity contribution >= 4 is 11.8 Å². The number of amides is 2. The third-order valence-corrected chi connectivity index (χ3v) is 3.69. The summed E-state index contributed by atoms with van der Waals surface area (Å²) in [7, 11) is 0. The molecule has 2 aromatic rings. The highest BCUT2D eigenvalue weighted by molar-refractivity contribution is 5.96. The number of nitrogens with one attached hydrogen (secondary N) is 2. The second-order valence-corrected chi connectivity index (χ2v) is 5.48. The molecule has 0 radical (unpaired) electrons. The highest BCUT2D eigenvalue weighted by atomic mass is 19.1. The Kier molecular flexibility index (Phi) is 5.13. The van der Waals surface area contributed by atoms with Crippen LogP contribution in [0.5, 0.6) is 11.5 Å². The van der Waals surface area contributed by atoms with E-state index in [1.807, 2.05) is 18.2 Å². The van der Waals surface area contributed by atoms with Gasteiger partial charge in [0, 0.05) is 12.1 Å². The van der Waals surface area contributed by atoms with Gasteiger partial charge in [-0.25, -0.2) is 4.39 Å². The van der Waals surface area contributed by atoms with Crippen LogP contribution in [-0.4, -0.2) is 31.7 Å². The molecule has 2 N–H and O–H groups in total. The lowest BCUT2D eigenvalue weighted by Gasteiger charge is -2.07. The maximum absolute atomic E-state index is 12.8. The number of hydrogen-bond acceptors (Lipinski definition) is 4. The van der Waals surface area contributed by atoms with E-state index in [0.717, 1.165) is 11.3 Å². The summed E-state index contributed by atoms with van der Waals surface area (Å²) >= 11 is 0. The maximum Gasteiger partial charge on any atom is 0.251 e. The summed E-state index contributed by atoms with van der Waals surface area (Å²) in [6.45, 7) is 0.519. The third kappa shape index (κ3) is 4.47. The molecule has 1 heterocycles. The van der Waals surface area contributed by atoms with Crippen LogP contribution in [0.15, 0.2) is 42.5 Å². The molecule has 0 unspecified atom stereocenters. The van der Waals surface area contributed by atoms with Gasteiger partial charge in [-0.2, -0.15) is 0 Å². The van der Waals surface area contributed by atoms with E-state index in [0.29, 0.717) is 24.3 Å². The van der Waals surface area contributed by atoms with Crippen molar-refractivity contribution in [2.75, 3.05) is 19.9 Å². The van der Waals surface area contributed by atoms with Crippen LogP contribution in [0.1, 0.15) is 15.9 Å². The molecule has 0 fully saturated rings. The molecule has 0 aromatic heterocycles. The largest absolute Gasteiger partial charge is 0.454 e. The highest BCUT2D eigenvalue weighted by Crippen LogP contribution is 2.32. The number of rotatable bonds is 6. The van der Waals surface area contributed by atoms with Crippen LogP contribution in [0.4, 0.5) is 4.39 Å². The standard InChI is InChI=1S/C18H17FN2O4/c19-14-4-2-13(3-5-14)18(23)21-10-17(22)20-8-7-12-1-6-15-16(9-12)25-11-24-15/h1-6,9H,7-8,10-11H2,(H,20,22)(H,21,23). The van der Waals surface area contributed by atoms with Crippen molar-refractivity contribution in [2.45, 2.75) is 6.42 Å². The van der Waals surface area contributed by atoms with E-state index >= 15 is 0 Å². The number of benzene rings is 2. The predicted octanol–water partition coefficient (Wildman–Crippen LogP) is 1.64. The molecule has 0 aliphatic carbocycles. The Morgan fingerprint density at radius 2 is 1.76 bits per heavy atom. The molecule has 7 heteroatoms. The van der Waals surface area contributed by atoms with Crippen molar-refractivity contribution in [1.29, 1.82) is 0 Å². The molecule has 1 aliphatic heterocycles. The smallest absolute Gasteiger partial charge is 0.251 e. The molecule has 6 nitrogen and oxygen atoms in total. The zero-order valence-electron chi connectivity index (χ0n) is 13.4. The minimum atomic E-state index is -0.425. The number of ether oxygens (including phenoxy) is 2. The van der Waals surface area contributed by atoms with Crippen molar-refractivity contribution in [1.82, 2.24) is 10.6 Å². The van der Waals surface area contributed by atoms with E-state index < -0.39 is 11.7 Å². The molecule has 130 valence electrons. The Balaban J connectivity index is 1.39. The van der Waals surface area contributed by atoms with E-state index in [2.05, 4.69) is 10.6 Å². The molecule has 0 saturated heterocycles. The molecule has 1 aliphatic rings. The number of fused-ring (bicyclic) bond motifs is 1. The second kappa shape index (κ2) is 7.65. The fourth-order valence-electron chi connectivity index (χ4n) is 2.37. The van der Waals surface area contributed by atoms with Crippen LogP contribution in [-0.2, 0) is 11.2 Å². The van der Waals surface area contributed by atoms with Crippen LogP contribution in [0.25, 0.3) is 0 Å². The first-order chi connectivity index (χ1) is 12.1. The molecule has 25 heavy (non-hydrogen) atoms. The lowest BCUT2D eigenvalue weighted by Crippen LogP contribution is -2.37. The molecular weight excluding hydrogens is 327 g/mol. The highest BCUT2D eigenvalue weighted by Gasteiger charge is 2.13. The summed E-state index contributed by atoms with van der Waals surface area (Å²) in [6, 6.07) is 10.7. The molecule has 3 rings (SSSR count). The van der Waals surface area contributed by atoms with Crippen LogP contribution >= 0.6 is 0 Å². The van der Waals surface area contributed by atoms with E-state index in [1.165, 1.54) is 24.3 Å². The van der Waals surface area contributed by atoms with Gasteiger partial charge in [-0.05, 0) is 48.4 Å². The topological polar surface area (TPSA) is 76.7 Å². The summed E-state index contributed by atoms with van der Waals surface area (Å²) in [5.74, 6) is 0.284. The van der Waals surface area contributed by atoms with Crippen molar-refractivity contribution in [2.24, 2.45) is 0 Å². The number of halogens is 1. The van der Waals surface area contributed by atoms with E-state index in [9.17, 15) is 14.0 Å². The summed E-state index contributed by atoms with van der Waals surface area (Å²) < 4.78 is 23.3. The quantitative estimate of drug-likeness (QED) is 0.835. The first-order valence-electron chi connectivity index (χ1n) is 7.81. The van der Waals surface area contributed by atoms with Gasteiger partial charge < -0.3 is 20.1 Å². The molecule has 2 aromatic carbocycles. The van der Waals surface area contributed by atoms with E-state index in [4.69, 9.17) is 9.47 Å². The average Bonchev–Trinajstić information content (AvgIpc) is 3.08. The Labute approximate surface area is 143 Å². The Bertz CT molecular complexity index is 777. The summed E-state index contributed by atoms with van der Waals surface area (Å²) in [5, 5.41) is 5.22. The SMILES string of the molecule is O=C(CNC(=O)c1ccc(F)cc1)NCCc1ccc2c(c1)OCO2. The first-order valence-corrected chi connectivity index (χ1v) is 7.81. The van der Waals surface area contributed by atoms with Gasteiger partial charge in [0.25, 0.3) is 5.91 Å². The lowest BCUT2D eigenvalue weighted by molar-refractivity contribution is -0.120. The fraction of sp³-hybridized carbons (Fsp3) is 0.222. The van der Waals surface area contributed by atoms with Crippen LogP contribution < -0.4 is 20.1 Å². The third-order valence-electron chi connectivity index (χ3n) is 3.69. The zero-order chi connectivity index (χ0) is 17.6. The summed E-state index contributed by atoms with van der Waals surface area (Å²) in [5.41, 5.74) is 1.31. The summed E-state index contributed by atoms with van der Waals surface area (Å²) in [4.78, 5) is 23.6. The van der Waals surface area contributed by atoms with Gasteiger partial charge in [0.15, 0.2) is 11.5 Å². The molecule has 0 atom stereocenters. The molecule has 0 spiro atoms. The zero-order valence-corrected chi connectivity index (χ0v) is 13.4.